The maximum Gasteiger partial charge on any atom is 0.264 e. The van der Waals surface area contributed by atoms with Gasteiger partial charge in [0.1, 0.15) is 0 Å². The molecule has 0 aromatic heterocycles. The second kappa shape index (κ2) is 3.55. The Balaban J connectivity index is 0. The van der Waals surface area contributed by atoms with E-state index in [9.17, 15) is 8.42 Å². The molecule has 0 saturated carbocycles. The third-order valence-corrected chi connectivity index (χ3v) is 1.09. The molecule has 47 valence electrons. The van der Waals surface area contributed by atoms with E-state index in [-0.39, 0.29) is 25.9 Å². The van der Waals surface area contributed by atoms with E-state index >= 15 is 0 Å². The Hall–Kier alpha value is 0.559. The third kappa shape index (κ3) is 10.8. The molecule has 0 aromatic rings. The van der Waals surface area contributed by atoms with E-state index in [4.69, 9.17) is 4.55 Å². The minimum Gasteiger partial charge on any atom is -0.286 e. The molecule has 0 aromatic carbocycles. The van der Waals surface area contributed by atoms with Crippen LogP contribution in [0.15, 0.2) is 0 Å². The van der Waals surface area contributed by atoms with Gasteiger partial charge >= 0.3 is 0 Å². The first-order chi connectivity index (χ1) is 2.56. The quantitative estimate of drug-likeness (QED) is 0.688. The normalized spacial score (nSPS) is 10.0. The van der Waals surface area contributed by atoms with Crippen LogP contribution in [0.4, 0.5) is 0 Å². The Morgan fingerprint density at radius 3 is 1.71 bits per heavy atom. The van der Waals surface area contributed by atoms with Crippen LogP contribution >= 0.6 is 0 Å². The van der Waals surface area contributed by atoms with Crippen molar-refractivity contribution >= 4 is 10.1 Å². The van der Waals surface area contributed by atoms with Crippen molar-refractivity contribution in [2.24, 2.45) is 0 Å². The average molecular weight is 302 g/mol. The van der Waals surface area contributed by atoms with Crippen molar-refractivity contribution in [1.29, 1.82) is 0 Å². The summed E-state index contributed by atoms with van der Waals surface area (Å²) in [7, 11) is -3.66. The predicted molar refractivity (Wildman–Crippen MR) is 22.1 cm³/mol. The molecule has 0 fully saturated rings. The summed E-state index contributed by atoms with van der Waals surface area (Å²) in [6, 6.07) is 0. The van der Waals surface area contributed by atoms with Gasteiger partial charge in [-0.2, -0.15) is 8.42 Å². The van der Waals surface area contributed by atoms with Crippen molar-refractivity contribution in [2.75, 3.05) is 5.75 Å². The standard InChI is InChI=1S/C2H6O3S.Ir/c1-2-6(3,4)5;/h2H2,1H3,(H,3,4,5);. The maximum absolute atomic E-state index is 9.56. The first kappa shape index (κ1) is 10.5. The fraction of sp³-hybridized carbons (Fsp3) is 1.00. The summed E-state index contributed by atoms with van der Waals surface area (Å²) < 4.78 is 26.9. The van der Waals surface area contributed by atoms with Crippen molar-refractivity contribution in [3.05, 3.63) is 0 Å². The Morgan fingerprint density at radius 2 is 1.71 bits per heavy atom. The van der Waals surface area contributed by atoms with Crippen molar-refractivity contribution in [2.45, 2.75) is 6.92 Å². The summed E-state index contributed by atoms with van der Waals surface area (Å²) in [4.78, 5) is 0. The van der Waals surface area contributed by atoms with Crippen molar-refractivity contribution in [3.63, 3.8) is 0 Å². The summed E-state index contributed by atoms with van der Waals surface area (Å²) in [5, 5.41) is 0. The first-order valence-corrected chi connectivity index (χ1v) is 3.12. The molecule has 7 heavy (non-hydrogen) atoms. The van der Waals surface area contributed by atoms with Crippen LogP contribution in [0.1, 0.15) is 6.92 Å². The Morgan fingerprint density at radius 1 is 1.57 bits per heavy atom. The molecule has 0 unspecified atom stereocenters. The molecule has 0 amide bonds. The summed E-state index contributed by atoms with van der Waals surface area (Å²) >= 11 is 0. The zero-order valence-corrected chi connectivity index (χ0v) is 6.92. The molecule has 0 heterocycles. The van der Waals surface area contributed by atoms with Gasteiger partial charge in [0.15, 0.2) is 0 Å². The van der Waals surface area contributed by atoms with Gasteiger partial charge in [0, 0.05) is 20.1 Å². The Bertz CT molecular complexity index is 115. The van der Waals surface area contributed by atoms with E-state index in [1.54, 1.807) is 0 Å². The molecular weight excluding hydrogens is 296 g/mol. The van der Waals surface area contributed by atoms with Gasteiger partial charge in [0.25, 0.3) is 10.1 Å². The van der Waals surface area contributed by atoms with E-state index < -0.39 is 10.1 Å². The molecule has 0 saturated heterocycles. The second-order valence-electron chi connectivity index (χ2n) is 0.871. The number of hydrogen-bond donors (Lipinski definition) is 1. The predicted octanol–water partition coefficient (Wildman–Crippen LogP) is -0.108. The fourth-order valence-corrected chi connectivity index (χ4v) is 0. The van der Waals surface area contributed by atoms with Gasteiger partial charge in [-0.3, -0.25) is 4.55 Å². The molecule has 0 bridgehead atoms. The van der Waals surface area contributed by atoms with Crippen LogP contribution in [0.2, 0.25) is 0 Å². The van der Waals surface area contributed by atoms with Crippen LogP contribution in [0.5, 0.6) is 0 Å². The molecule has 1 N–H and O–H groups in total. The second-order valence-corrected chi connectivity index (χ2v) is 2.61. The largest absolute Gasteiger partial charge is 0.286 e. The van der Waals surface area contributed by atoms with Gasteiger partial charge < -0.3 is 0 Å². The van der Waals surface area contributed by atoms with Crippen molar-refractivity contribution < 1.29 is 33.1 Å². The first-order valence-electron chi connectivity index (χ1n) is 1.51. The molecule has 0 rings (SSSR count). The molecule has 3 nitrogen and oxygen atoms in total. The maximum atomic E-state index is 9.56. The van der Waals surface area contributed by atoms with Gasteiger partial charge in [-0.15, -0.1) is 0 Å². The van der Waals surface area contributed by atoms with E-state index in [0.29, 0.717) is 0 Å². The Labute approximate surface area is 56.2 Å². The number of rotatable bonds is 1. The zero-order chi connectivity index (χ0) is 5.21. The van der Waals surface area contributed by atoms with Gasteiger partial charge in [0.2, 0.25) is 0 Å². The SMILES string of the molecule is CCS(=O)(=O)O.[Ir]. The van der Waals surface area contributed by atoms with Crippen LogP contribution in [0.3, 0.4) is 0 Å². The minimum atomic E-state index is -3.66. The summed E-state index contributed by atoms with van der Waals surface area (Å²) in [5.74, 6) is -0.201. The molecule has 1 radical (unpaired) electrons. The smallest absolute Gasteiger partial charge is 0.264 e. The van der Waals surface area contributed by atoms with E-state index in [1.165, 1.54) is 6.92 Å². The summed E-state index contributed by atoms with van der Waals surface area (Å²) in [6.45, 7) is 1.37. The third-order valence-electron chi connectivity index (χ3n) is 0.365. The van der Waals surface area contributed by atoms with Gasteiger partial charge in [-0.25, -0.2) is 0 Å². The molecule has 0 atom stereocenters. The average Bonchev–Trinajstić information content (AvgIpc) is 1.35. The monoisotopic (exact) mass is 303 g/mol. The zero-order valence-electron chi connectivity index (χ0n) is 3.71. The van der Waals surface area contributed by atoms with Gasteiger partial charge in [-0.05, 0) is 6.92 Å². The summed E-state index contributed by atoms with van der Waals surface area (Å²) in [6.07, 6.45) is 0. The van der Waals surface area contributed by atoms with Crippen LogP contribution in [0.25, 0.3) is 0 Å². The van der Waals surface area contributed by atoms with E-state index in [0.717, 1.165) is 0 Å². The van der Waals surface area contributed by atoms with E-state index in [1.807, 2.05) is 0 Å². The molecular formula is C2H6IrO3S. The summed E-state index contributed by atoms with van der Waals surface area (Å²) in [5.41, 5.74) is 0. The molecule has 0 aliphatic rings. The van der Waals surface area contributed by atoms with E-state index in [2.05, 4.69) is 0 Å². The van der Waals surface area contributed by atoms with Crippen LogP contribution in [-0.4, -0.2) is 18.7 Å². The van der Waals surface area contributed by atoms with Crippen LogP contribution in [-0.2, 0) is 30.2 Å². The number of hydrogen-bond acceptors (Lipinski definition) is 2. The van der Waals surface area contributed by atoms with Crippen molar-refractivity contribution in [1.82, 2.24) is 0 Å². The van der Waals surface area contributed by atoms with Gasteiger partial charge in [-0.1, -0.05) is 0 Å². The Kier molecular flexibility index (Phi) is 5.33. The van der Waals surface area contributed by atoms with Gasteiger partial charge in [0.05, 0.1) is 5.75 Å². The molecule has 0 spiro atoms. The van der Waals surface area contributed by atoms with Crippen molar-refractivity contribution in [3.8, 4) is 0 Å². The van der Waals surface area contributed by atoms with Crippen LogP contribution < -0.4 is 0 Å². The minimum absolute atomic E-state index is 0. The molecule has 0 aliphatic heterocycles. The fourth-order valence-electron chi connectivity index (χ4n) is 0. The molecule has 0 aliphatic carbocycles. The van der Waals surface area contributed by atoms with Crippen LogP contribution in [0, 0.1) is 0 Å². The topological polar surface area (TPSA) is 54.4 Å². The molecule has 5 heteroatoms.